The number of hydrogen-bond acceptors (Lipinski definition) is 3. The van der Waals surface area contributed by atoms with Crippen molar-refractivity contribution in [3.05, 3.63) is 34.2 Å². The minimum absolute atomic E-state index is 0.00433. The van der Waals surface area contributed by atoms with Crippen molar-refractivity contribution in [1.29, 1.82) is 0 Å². The summed E-state index contributed by atoms with van der Waals surface area (Å²) in [7, 11) is 1.54. The van der Waals surface area contributed by atoms with Crippen molar-refractivity contribution in [3.8, 4) is 0 Å². The molecule has 0 aromatic heterocycles. The molecule has 1 heterocycles. The fraction of sp³-hybridized carbons (Fsp3) is 0.200. The van der Waals surface area contributed by atoms with Gasteiger partial charge in [0, 0.05) is 17.6 Å². The Labute approximate surface area is 96.7 Å². The van der Waals surface area contributed by atoms with Crippen molar-refractivity contribution in [2.75, 3.05) is 18.9 Å². The van der Waals surface area contributed by atoms with Gasteiger partial charge in [0.2, 0.25) is 5.91 Å². The first-order valence-corrected chi connectivity index (χ1v) is 4.86. The second kappa shape index (κ2) is 4.15. The molecule has 17 heavy (non-hydrogen) atoms. The second-order valence-electron chi connectivity index (χ2n) is 3.63. The van der Waals surface area contributed by atoms with E-state index in [9.17, 15) is 9.59 Å². The zero-order valence-electron chi connectivity index (χ0n) is 9.04. The number of nitrogens with zero attached hydrogens (tertiary/aromatic N) is 4. The summed E-state index contributed by atoms with van der Waals surface area (Å²) in [6.07, 6.45) is 0. The lowest BCUT2D eigenvalue weighted by atomic mass is 10.1. The van der Waals surface area contributed by atoms with Crippen LogP contribution < -0.4 is 5.32 Å². The Balaban J connectivity index is 2.54. The van der Waals surface area contributed by atoms with E-state index in [2.05, 4.69) is 15.3 Å². The molecule has 7 nitrogen and oxygen atoms in total. The second-order valence-corrected chi connectivity index (χ2v) is 3.63. The number of carbonyl (C=O) groups is 2. The van der Waals surface area contributed by atoms with Crippen molar-refractivity contribution < 1.29 is 9.59 Å². The molecule has 1 aromatic carbocycles. The maximum atomic E-state index is 11.9. The third-order valence-electron chi connectivity index (χ3n) is 2.40. The molecular formula is C10H9N5O2. The normalized spacial score (nSPS) is 14.5. The van der Waals surface area contributed by atoms with Crippen molar-refractivity contribution in [1.82, 2.24) is 4.90 Å². The van der Waals surface area contributed by atoms with Crippen molar-refractivity contribution in [2.24, 2.45) is 5.11 Å². The Morgan fingerprint density at radius 1 is 1.47 bits per heavy atom. The van der Waals surface area contributed by atoms with Crippen molar-refractivity contribution in [3.63, 3.8) is 0 Å². The molecule has 0 radical (unpaired) electrons. The molecule has 7 heteroatoms. The number of azide groups is 1. The number of likely N-dealkylation sites (N-methyl/N-ethyl adjacent to an activating group) is 1. The summed E-state index contributed by atoms with van der Waals surface area (Å²) in [4.78, 5) is 27.3. The van der Waals surface area contributed by atoms with Gasteiger partial charge in [-0.1, -0.05) is 11.2 Å². The molecule has 0 bridgehead atoms. The van der Waals surface area contributed by atoms with Gasteiger partial charge >= 0.3 is 0 Å². The average molecular weight is 231 g/mol. The molecule has 0 atom stereocenters. The molecule has 0 fully saturated rings. The average Bonchev–Trinajstić information content (AvgIpc) is 2.39. The molecule has 0 aliphatic carbocycles. The van der Waals surface area contributed by atoms with Gasteiger partial charge in [-0.15, -0.1) is 0 Å². The SMILES string of the molecule is CN1CC(=O)Nc2ccc(N=[N+]=[N-])cc2C1=O. The molecule has 0 unspecified atom stereocenters. The van der Waals surface area contributed by atoms with Crippen LogP contribution >= 0.6 is 0 Å². The summed E-state index contributed by atoms with van der Waals surface area (Å²) in [5, 5.41) is 6.04. The van der Waals surface area contributed by atoms with Crippen LogP contribution in [0.5, 0.6) is 0 Å². The molecule has 0 saturated heterocycles. The molecule has 1 N–H and O–H groups in total. The predicted octanol–water partition coefficient (Wildman–Crippen LogP) is 1.65. The largest absolute Gasteiger partial charge is 0.332 e. The summed E-state index contributed by atoms with van der Waals surface area (Å²) in [6, 6.07) is 4.55. The lowest BCUT2D eigenvalue weighted by Gasteiger charge is -2.12. The van der Waals surface area contributed by atoms with Gasteiger partial charge in [0.05, 0.1) is 17.8 Å². The van der Waals surface area contributed by atoms with Crippen LogP contribution in [0.4, 0.5) is 11.4 Å². The minimum atomic E-state index is -0.284. The lowest BCUT2D eigenvalue weighted by Crippen LogP contribution is -2.31. The zero-order chi connectivity index (χ0) is 12.4. The molecule has 2 rings (SSSR count). The number of hydrogen-bond donors (Lipinski definition) is 1. The Morgan fingerprint density at radius 2 is 2.24 bits per heavy atom. The third-order valence-corrected chi connectivity index (χ3v) is 2.40. The highest BCUT2D eigenvalue weighted by molar-refractivity contribution is 6.08. The monoisotopic (exact) mass is 231 g/mol. The highest BCUT2D eigenvalue weighted by Gasteiger charge is 2.23. The predicted molar refractivity (Wildman–Crippen MR) is 60.8 cm³/mol. The highest BCUT2D eigenvalue weighted by Crippen LogP contribution is 2.25. The van der Waals surface area contributed by atoms with Crippen LogP contribution in [0.15, 0.2) is 23.3 Å². The maximum absolute atomic E-state index is 11.9. The number of carbonyl (C=O) groups excluding carboxylic acids is 2. The maximum Gasteiger partial charge on any atom is 0.256 e. The van der Waals surface area contributed by atoms with E-state index < -0.39 is 0 Å². The minimum Gasteiger partial charge on any atom is -0.332 e. The van der Waals surface area contributed by atoms with Gasteiger partial charge in [-0.3, -0.25) is 9.59 Å². The number of anilines is 1. The van der Waals surface area contributed by atoms with Crippen LogP contribution in [0.3, 0.4) is 0 Å². The standard InChI is InChI=1S/C10H9N5O2/c1-15-5-9(16)12-8-3-2-6(13-14-11)4-7(8)10(15)17/h2-4H,5H2,1H3,(H,12,16). The molecule has 0 spiro atoms. The van der Waals surface area contributed by atoms with Crippen LogP contribution in [0, 0.1) is 0 Å². The topological polar surface area (TPSA) is 98.2 Å². The van der Waals surface area contributed by atoms with Crippen molar-refractivity contribution >= 4 is 23.2 Å². The van der Waals surface area contributed by atoms with E-state index in [0.717, 1.165) is 0 Å². The van der Waals surface area contributed by atoms with Gasteiger partial charge < -0.3 is 10.2 Å². The first-order chi connectivity index (χ1) is 8.11. The Kier molecular flexibility index (Phi) is 2.68. The van der Waals surface area contributed by atoms with E-state index in [1.165, 1.54) is 24.1 Å². The highest BCUT2D eigenvalue weighted by atomic mass is 16.2. The fourth-order valence-corrected chi connectivity index (χ4v) is 1.61. The summed E-state index contributed by atoms with van der Waals surface area (Å²) >= 11 is 0. The smallest absolute Gasteiger partial charge is 0.256 e. The Hall–Kier alpha value is -2.53. The summed E-state index contributed by atoms with van der Waals surface area (Å²) in [5.41, 5.74) is 9.42. The molecule has 1 aromatic rings. The number of rotatable bonds is 1. The van der Waals surface area contributed by atoms with Gasteiger partial charge in [0.1, 0.15) is 0 Å². The molecular weight excluding hydrogens is 222 g/mol. The lowest BCUT2D eigenvalue weighted by molar-refractivity contribution is -0.116. The van der Waals surface area contributed by atoms with Gasteiger partial charge in [0.25, 0.3) is 5.91 Å². The molecule has 1 aliphatic heterocycles. The first kappa shape index (κ1) is 11.0. The third kappa shape index (κ3) is 2.04. The van der Waals surface area contributed by atoms with Crippen LogP contribution in [-0.2, 0) is 4.79 Å². The van der Waals surface area contributed by atoms with E-state index in [-0.39, 0.29) is 18.4 Å². The van der Waals surface area contributed by atoms with E-state index in [4.69, 9.17) is 5.53 Å². The number of fused-ring (bicyclic) bond motifs is 1. The van der Waals surface area contributed by atoms with E-state index >= 15 is 0 Å². The summed E-state index contributed by atoms with van der Waals surface area (Å²) < 4.78 is 0. The number of benzene rings is 1. The van der Waals surface area contributed by atoms with Crippen LogP contribution in [0.1, 0.15) is 10.4 Å². The molecule has 0 saturated carbocycles. The van der Waals surface area contributed by atoms with Crippen LogP contribution in [0.2, 0.25) is 0 Å². The summed E-state index contributed by atoms with van der Waals surface area (Å²) in [5.74, 6) is -0.538. The van der Waals surface area contributed by atoms with Gasteiger partial charge in [-0.05, 0) is 17.7 Å². The quantitative estimate of drug-likeness (QED) is 0.451. The molecule has 86 valence electrons. The van der Waals surface area contributed by atoms with E-state index in [1.54, 1.807) is 6.07 Å². The van der Waals surface area contributed by atoms with Gasteiger partial charge in [0.15, 0.2) is 0 Å². The first-order valence-electron chi connectivity index (χ1n) is 4.86. The van der Waals surface area contributed by atoms with E-state index in [0.29, 0.717) is 16.9 Å². The van der Waals surface area contributed by atoms with Crippen LogP contribution in [-0.4, -0.2) is 30.3 Å². The molecule has 2 amide bonds. The van der Waals surface area contributed by atoms with Gasteiger partial charge in [-0.25, -0.2) is 0 Å². The number of nitrogens with one attached hydrogen (secondary N) is 1. The van der Waals surface area contributed by atoms with Crippen molar-refractivity contribution in [2.45, 2.75) is 0 Å². The Morgan fingerprint density at radius 3 is 2.94 bits per heavy atom. The Bertz CT molecular complexity index is 548. The van der Waals surface area contributed by atoms with Gasteiger partial charge in [-0.2, -0.15) is 0 Å². The fourth-order valence-electron chi connectivity index (χ4n) is 1.61. The summed E-state index contributed by atoms with van der Waals surface area (Å²) in [6.45, 7) is 0.00433. The van der Waals surface area contributed by atoms with Crippen LogP contribution in [0.25, 0.3) is 10.4 Å². The zero-order valence-corrected chi connectivity index (χ0v) is 9.04. The molecule has 1 aliphatic rings. The number of amides is 2. The van der Waals surface area contributed by atoms with E-state index in [1.807, 2.05) is 0 Å².